The number of carbonyl (C=O) groups is 2. The van der Waals surface area contributed by atoms with E-state index in [1.807, 2.05) is 0 Å². The number of piperazine rings is 1. The maximum atomic E-state index is 12.9. The SMILES string of the molecule is O=C1CN(C(=O)c2ccc(F)c(Cl)c2)CCN1. The van der Waals surface area contributed by atoms with Crippen LogP contribution in [0, 0.1) is 5.82 Å². The van der Waals surface area contributed by atoms with Crippen LogP contribution in [-0.2, 0) is 4.79 Å². The van der Waals surface area contributed by atoms with E-state index in [4.69, 9.17) is 11.6 Å². The van der Waals surface area contributed by atoms with Gasteiger partial charge < -0.3 is 10.2 Å². The van der Waals surface area contributed by atoms with Gasteiger partial charge in [-0.3, -0.25) is 9.59 Å². The van der Waals surface area contributed by atoms with Crippen molar-refractivity contribution in [2.75, 3.05) is 19.6 Å². The third-order valence-electron chi connectivity index (χ3n) is 2.49. The molecule has 0 aromatic heterocycles. The summed E-state index contributed by atoms with van der Waals surface area (Å²) in [5.74, 6) is -1.08. The molecule has 0 atom stereocenters. The molecule has 0 aliphatic carbocycles. The monoisotopic (exact) mass is 256 g/mol. The van der Waals surface area contributed by atoms with E-state index < -0.39 is 5.82 Å². The van der Waals surface area contributed by atoms with Gasteiger partial charge in [0.1, 0.15) is 5.82 Å². The van der Waals surface area contributed by atoms with Crippen LogP contribution in [-0.4, -0.2) is 36.3 Å². The summed E-state index contributed by atoms with van der Waals surface area (Å²) in [7, 11) is 0. The van der Waals surface area contributed by atoms with E-state index in [0.717, 1.165) is 6.07 Å². The number of halogens is 2. The van der Waals surface area contributed by atoms with E-state index in [0.29, 0.717) is 13.1 Å². The Morgan fingerprint density at radius 3 is 2.88 bits per heavy atom. The zero-order valence-electron chi connectivity index (χ0n) is 8.87. The van der Waals surface area contributed by atoms with Crippen molar-refractivity contribution in [2.45, 2.75) is 0 Å². The van der Waals surface area contributed by atoms with Crippen LogP contribution in [0.4, 0.5) is 4.39 Å². The van der Waals surface area contributed by atoms with Crippen molar-refractivity contribution >= 4 is 23.4 Å². The van der Waals surface area contributed by atoms with E-state index >= 15 is 0 Å². The fourth-order valence-electron chi connectivity index (χ4n) is 1.62. The first-order valence-electron chi connectivity index (χ1n) is 5.09. The molecule has 1 aromatic carbocycles. The third-order valence-corrected chi connectivity index (χ3v) is 2.78. The number of amides is 2. The van der Waals surface area contributed by atoms with Crippen LogP contribution < -0.4 is 5.32 Å². The van der Waals surface area contributed by atoms with Gasteiger partial charge in [-0.05, 0) is 18.2 Å². The Morgan fingerprint density at radius 2 is 2.24 bits per heavy atom. The summed E-state index contributed by atoms with van der Waals surface area (Å²) in [5, 5.41) is 2.52. The number of carbonyl (C=O) groups excluding carboxylic acids is 2. The molecule has 4 nitrogen and oxygen atoms in total. The van der Waals surface area contributed by atoms with Crippen LogP contribution in [0.25, 0.3) is 0 Å². The molecule has 0 bridgehead atoms. The number of rotatable bonds is 1. The molecule has 2 amide bonds. The number of benzene rings is 1. The maximum Gasteiger partial charge on any atom is 0.254 e. The van der Waals surface area contributed by atoms with E-state index in [-0.39, 0.29) is 28.9 Å². The van der Waals surface area contributed by atoms with Crippen LogP contribution in [0.1, 0.15) is 10.4 Å². The summed E-state index contributed by atoms with van der Waals surface area (Å²) in [6.07, 6.45) is 0. The Bertz CT molecular complexity index is 479. The topological polar surface area (TPSA) is 49.4 Å². The van der Waals surface area contributed by atoms with E-state index in [1.54, 1.807) is 0 Å². The van der Waals surface area contributed by atoms with Gasteiger partial charge in [0.05, 0.1) is 11.6 Å². The van der Waals surface area contributed by atoms with Gasteiger partial charge in [-0.15, -0.1) is 0 Å². The number of nitrogens with one attached hydrogen (secondary N) is 1. The molecule has 0 spiro atoms. The molecule has 90 valence electrons. The average Bonchev–Trinajstić information content (AvgIpc) is 2.32. The zero-order valence-corrected chi connectivity index (χ0v) is 9.63. The molecule has 2 rings (SSSR count). The molecule has 1 aliphatic rings. The van der Waals surface area contributed by atoms with Crippen LogP contribution in [0.3, 0.4) is 0 Å². The van der Waals surface area contributed by atoms with Gasteiger partial charge in [0, 0.05) is 18.7 Å². The van der Waals surface area contributed by atoms with E-state index in [1.165, 1.54) is 17.0 Å². The van der Waals surface area contributed by atoms with Crippen molar-refractivity contribution in [3.63, 3.8) is 0 Å². The third kappa shape index (κ3) is 2.55. The highest BCUT2D eigenvalue weighted by Crippen LogP contribution is 2.17. The minimum Gasteiger partial charge on any atom is -0.353 e. The lowest BCUT2D eigenvalue weighted by Gasteiger charge is -2.26. The lowest BCUT2D eigenvalue weighted by molar-refractivity contribution is -0.123. The van der Waals surface area contributed by atoms with Crippen molar-refractivity contribution in [3.05, 3.63) is 34.6 Å². The molecule has 1 heterocycles. The minimum atomic E-state index is -0.570. The van der Waals surface area contributed by atoms with Gasteiger partial charge in [-0.25, -0.2) is 4.39 Å². The van der Waals surface area contributed by atoms with Gasteiger partial charge in [0.15, 0.2) is 0 Å². The Labute approximate surface area is 102 Å². The van der Waals surface area contributed by atoms with Crippen molar-refractivity contribution in [1.82, 2.24) is 10.2 Å². The molecule has 1 aromatic rings. The molecule has 1 N–H and O–H groups in total. The van der Waals surface area contributed by atoms with Crippen molar-refractivity contribution in [3.8, 4) is 0 Å². The second kappa shape index (κ2) is 4.71. The van der Waals surface area contributed by atoms with E-state index in [2.05, 4.69) is 5.32 Å². The van der Waals surface area contributed by atoms with Crippen LogP contribution >= 0.6 is 11.6 Å². The molecular weight excluding hydrogens is 247 g/mol. The smallest absolute Gasteiger partial charge is 0.254 e. The first-order valence-corrected chi connectivity index (χ1v) is 5.47. The Hall–Kier alpha value is -1.62. The maximum absolute atomic E-state index is 12.9. The standard InChI is InChI=1S/C11H10ClFN2O2/c12-8-5-7(1-2-9(8)13)11(17)15-4-3-14-10(16)6-15/h1-2,5H,3-4,6H2,(H,14,16). The summed E-state index contributed by atoms with van der Waals surface area (Å²) in [4.78, 5) is 24.5. The molecular formula is C11H10ClFN2O2. The van der Waals surface area contributed by atoms with Gasteiger partial charge in [-0.2, -0.15) is 0 Å². The first kappa shape index (κ1) is 11.9. The van der Waals surface area contributed by atoms with Crippen molar-refractivity contribution in [2.24, 2.45) is 0 Å². The second-order valence-corrected chi connectivity index (χ2v) is 4.11. The average molecular weight is 257 g/mol. The summed E-state index contributed by atoms with van der Waals surface area (Å²) < 4.78 is 12.9. The van der Waals surface area contributed by atoms with Crippen LogP contribution in [0.2, 0.25) is 5.02 Å². The number of hydrogen-bond acceptors (Lipinski definition) is 2. The zero-order chi connectivity index (χ0) is 12.4. The Morgan fingerprint density at radius 1 is 1.47 bits per heavy atom. The predicted octanol–water partition coefficient (Wildman–Crippen LogP) is 1.05. The van der Waals surface area contributed by atoms with E-state index in [9.17, 15) is 14.0 Å². The lowest BCUT2D eigenvalue weighted by Crippen LogP contribution is -2.49. The molecule has 0 unspecified atom stereocenters. The fourth-order valence-corrected chi connectivity index (χ4v) is 1.80. The summed E-state index contributed by atoms with van der Waals surface area (Å²) in [6, 6.07) is 3.77. The predicted molar refractivity (Wildman–Crippen MR) is 60.3 cm³/mol. The van der Waals surface area contributed by atoms with Gasteiger partial charge in [-0.1, -0.05) is 11.6 Å². The molecule has 1 saturated heterocycles. The normalized spacial score (nSPS) is 15.6. The van der Waals surface area contributed by atoms with Crippen molar-refractivity contribution < 1.29 is 14.0 Å². The van der Waals surface area contributed by atoms with Crippen molar-refractivity contribution in [1.29, 1.82) is 0 Å². The Kier molecular flexibility index (Phi) is 3.28. The largest absolute Gasteiger partial charge is 0.353 e. The summed E-state index contributed by atoms with van der Waals surface area (Å²) in [6.45, 7) is 0.896. The Balaban J connectivity index is 2.18. The second-order valence-electron chi connectivity index (χ2n) is 3.71. The molecule has 1 fully saturated rings. The van der Waals surface area contributed by atoms with Gasteiger partial charge in [0.25, 0.3) is 5.91 Å². The summed E-state index contributed by atoms with van der Waals surface area (Å²) in [5.41, 5.74) is 0.283. The lowest BCUT2D eigenvalue weighted by atomic mass is 10.2. The minimum absolute atomic E-state index is 0.0217. The van der Waals surface area contributed by atoms with Crippen LogP contribution in [0.5, 0.6) is 0 Å². The fraction of sp³-hybridized carbons (Fsp3) is 0.273. The van der Waals surface area contributed by atoms with Crippen LogP contribution in [0.15, 0.2) is 18.2 Å². The quantitative estimate of drug-likeness (QED) is 0.817. The summed E-state index contributed by atoms with van der Waals surface area (Å²) >= 11 is 5.60. The van der Waals surface area contributed by atoms with Gasteiger partial charge in [0.2, 0.25) is 5.91 Å². The molecule has 0 saturated carbocycles. The molecule has 17 heavy (non-hydrogen) atoms. The highest BCUT2D eigenvalue weighted by Gasteiger charge is 2.22. The number of hydrogen-bond donors (Lipinski definition) is 1. The molecule has 0 radical (unpaired) electrons. The molecule has 6 heteroatoms. The first-order chi connectivity index (χ1) is 8.08. The van der Waals surface area contributed by atoms with Gasteiger partial charge >= 0.3 is 0 Å². The highest BCUT2D eigenvalue weighted by atomic mass is 35.5. The number of nitrogens with zero attached hydrogens (tertiary/aromatic N) is 1. The highest BCUT2D eigenvalue weighted by molar-refractivity contribution is 6.31. The molecule has 1 aliphatic heterocycles.